The minimum atomic E-state index is 0.434. The van der Waals surface area contributed by atoms with Gasteiger partial charge in [0.2, 0.25) is 5.95 Å². The second-order valence-corrected chi connectivity index (χ2v) is 8.35. The molecule has 1 aliphatic carbocycles. The summed E-state index contributed by atoms with van der Waals surface area (Å²) in [6, 6.07) is 18.0. The fourth-order valence-electron chi connectivity index (χ4n) is 4.17. The molecule has 1 heterocycles. The van der Waals surface area contributed by atoms with Gasteiger partial charge in [-0.1, -0.05) is 42.0 Å². The second kappa shape index (κ2) is 8.78. The van der Waals surface area contributed by atoms with Crippen molar-refractivity contribution in [2.75, 3.05) is 24.3 Å². The van der Waals surface area contributed by atoms with Crippen LogP contribution >= 0.6 is 0 Å². The summed E-state index contributed by atoms with van der Waals surface area (Å²) in [5.41, 5.74) is 3.68. The molecule has 0 saturated heterocycles. The van der Waals surface area contributed by atoms with Gasteiger partial charge in [0.25, 0.3) is 0 Å². The Hall–Kier alpha value is -2.66. The van der Waals surface area contributed by atoms with E-state index in [9.17, 15) is 0 Å². The van der Waals surface area contributed by atoms with E-state index in [2.05, 4.69) is 58.9 Å². The molecule has 1 aromatic heterocycles. The first-order chi connectivity index (χ1) is 14.1. The lowest BCUT2D eigenvalue weighted by atomic mass is 9.91. The summed E-state index contributed by atoms with van der Waals surface area (Å²) in [6.45, 7) is 3.10. The number of nitrogens with zero attached hydrogens (tertiary/aromatic N) is 3. The number of hydrogen-bond acceptors (Lipinski definition) is 5. The number of rotatable bonds is 6. The SMILES string of the molecule is Cc1cccc(CN[C@H]2CC[C@@H](Nc3nc(N(C)C)c4ccccc4n3)CC2)c1. The molecular weight excluding hydrogens is 358 g/mol. The van der Waals surface area contributed by atoms with Crippen molar-refractivity contribution in [2.24, 2.45) is 0 Å². The molecule has 1 saturated carbocycles. The lowest BCUT2D eigenvalue weighted by Gasteiger charge is -2.30. The molecule has 29 heavy (non-hydrogen) atoms. The van der Waals surface area contributed by atoms with Crippen LogP contribution in [0, 0.1) is 6.92 Å². The van der Waals surface area contributed by atoms with E-state index in [-0.39, 0.29) is 0 Å². The molecular formula is C24H31N5. The lowest BCUT2D eigenvalue weighted by molar-refractivity contribution is 0.352. The smallest absolute Gasteiger partial charge is 0.225 e. The van der Waals surface area contributed by atoms with Gasteiger partial charge in [-0.15, -0.1) is 0 Å². The van der Waals surface area contributed by atoms with Crippen LogP contribution in [-0.4, -0.2) is 36.1 Å². The van der Waals surface area contributed by atoms with Crippen molar-refractivity contribution in [3.8, 4) is 0 Å². The van der Waals surface area contributed by atoms with Gasteiger partial charge in [0.05, 0.1) is 5.52 Å². The van der Waals surface area contributed by atoms with Gasteiger partial charge in [0.1, 0.15) is 5.82 Å². The van der Waals surface area contributed by atoms with Crippen LogP contribution in [0.5, 0.6) is 0 Å². The van der Waals surface area contributed by atoms with Crippen molar-refractivity contribution in [1.82, 2.24) is 15.3 Å². The third kappa shape index (κ3) is 4.85. The van der Waals surface area contributed by atoms with Gasteiger partial charge in [-0.3, -0.25) is 0 Å². The monoisotopic (exact) mass is 389 g/mol. The zero-order chi connectivity index (χ0) is 20.2. The van der Waals surface area contributed by atoms with Crippen LogP contribution in [0.2, 0.25) is 0 Å². The first-order valence-corrected chi connectivity index (χ1v) is 10.6. The molecule has 2 aromatic carbocycles. The van der Waals surface area contributed by atoms with Gasteiger partial charge >= 0.3 is 0 Å². The maximum Gasteiger partial charge on any atom is 0.225 e. The number of hydrogen-bond donors (Lipinski definition) is 2. The Morgan fingerprint density at radius 1 is 0.931 bits per heavy atom. The van der Waals surface area contributed by atoms with E-state index in [1.54, 1.807) is 0 Å². The summed E-state index contributed by atoms with van der Waals surface area (Å²) in [7, 11) is 4.06. The fraction of sp³-hybridized carbons (Fsp3) is 0.417. The Balaban J connectivity index is 1.35. The molecule has 1 fully saturated rings. The van der Waals surface area contributed by atoms with Gasteiger partial charge in [-0.2, -0.15) is 4.98 Å². The van der Waals surface area contributed by atoms with E-state index in [1.165, 1.54) is 24.0 Å². The maximum atomic E-state index is 4.79. The van der Waals surface area contributed by atoms with E-state index < -0.39 is 0 Å². The number of benzene rings is 2. The topological polar surface area (TPSA) is 53.1 Å². The zero-order valence-electron chi connectivity index (χ0n) is 17.7. The highest BCUT2D eigenvalue weighted by atomic mass is 15.2. The first-order valence-electron chi connectivity index (χ1n) is 10.6. The summed E-state index contributed by atoms with van der Waals surface area (Å²) in [5.74, 6) is 1.70. The Bertz CT molecular complexity index is 960. The molecule has 1 aliphatic rings. The molecule has 3 aromatic rings. The summed E-state index contributed by atoms with van der Waals surface area (Å²) in [4.78, 5) is 11.6. The predicted molar refractivity (Wildman–Crippen MR) is 122 cm³/mol. The summed E-state index contributed by atoms with van der Waals surface area (Å²) in [5, 5.41) is 8.42. The van der Waals surface area contributed by atoms with Crippen molar-refractivity contribution in [1.29, 1.82) is 0 Å². The van der Waals surface area contributed by atoms with Gasteiger partial charge in [0.15, 0.2) is 0 Å². The minimum Gasteiger partial charge on any atom is -0.362 e. The average Bonchev–Trinajstić information content (AvgIpc) is 2.72. The van der Waals surface area contributed by atoms with Crippen LogP contribution < -0.4 is 15.5 Å². The third-order valence-corrected chi connectivity index (χ3v) is 5.74. The van der Waals surface area contributed by atoms with E-state index in [0.717, 1.165) is 42.1 Å². The van der Waals surface area contributed by atoms with Crippen molar-refractivity contribution in [3.63, 3.8) is 0 Å². The highest BCUT2D eigenvalue weighted by Gasteiger charge is 2.22. The van der Waals surface area contributed by atoms with Crippen LogP contribution in [-0.2, 0) is 6.54 Å². The third-order valence-electron chi connectivity index (χ3n) is 5.74. The Morgan fingerprint density at radius 2 is 1.69 bits per heavy atom. The molecule has 0 unspecified atom stereocenters. The number of nitrogens with one attached hydrogen (secondary N) is 2. The van der Waals surface area contributed by atoms with Gasteiger partial charge < -0.3 is 15.5 Å². The van der Waals surface area contributed by atoms with Crippen molar-refractivity contribution in [2.45, 2.75) is 51.2 Å². The van der Waals surface area contributed by atoms with E-state index in [1.807, 2.05) is 26.2 Å². The van der Waals surface area contributed by atoms with Crippen LogP contribution in [0.4, 0.5) is 11.8 Å². The molecule has 2 N–H and O–H groups in total. The molecule has 5 heteroatoms. The molecule has 4 rings (SSSR count). The van der Waals surface area contributed by atoms with E-state index >= 15 is 0 Å². The van der Waals surface area contributed by atoms with Crippen LogP contribution in [0.1, 0.15) is 36.8 Å². The van der Waals surface area contributed by atoms with E-state index in [0.29, 0.717) is 12.1 Å². The molecule has 5 nitrogen and oxygen atoms in total. The van der Waals surface area contributed by atoms with Crippen LogP contribution in [0.3, 0.4) is 0 Å². The standard InChI is InChI=1S/C24H31N5/c1-17-7-6-8-18(15-17)16-25-19-11-13-20(14-12-19)26-24-27-22-10-5-4-9-21(22)23(28-24)29(2)3/h4-10,15,19-20,25H,11-14,16H2,1-3H3,(H,26,27,28)/t19-,20+. The molecule has 0 spiro atoms. The van der Waals surface area contributed by atoms with Gasteiger partial charge in [0, 0.05) is 38.1 Å². The van der Waals surface area contributed by atoms with Crippen molar-refractivity contribution < 1.29 is 0 Å². The molecule has 0 radical (unpaired) electrons. The first kappa shape index (κ1) is 19.6. The second-order valence-electron chi connectivity index (χ2n) is 8.35. The van der Waals surface area contributed by atoms with E-state index in [4.69, 9.17) is 9.97 Å². The number of aryl methyl sites for hydroxylation is 1. The Morgan fingerprint density at radius 3 is 2.45 bits per heavy atom. The highest BCUT2D eigenvalue weighted by Crippen LogP contribution is 2.26. The molecule has 0 atom stereocenters. The molecule has 0 bridgehead atoms. The Labute approximate surface area is 173 Å². The maximum absolute atomic E-state index is 4.79. The van der Waals surface area contributed by atoms with Crippen molar-refractivity contribution >= 4 is 22.7 Å². The number of fused-ring (bicyclic) bond motifs is 1. The summed E-state index contributed by atoms with van der Waals surface area (Å²) < 4.78 is 0. The average molecular weight is 390 g/mol. The van der Waals surface area contributed by atoms with Gasteiger partial charge in [-0.05, 0) is 50.3 Å². The predicted octanol–water partition coefficient (Wildman–Crippen LogP) is 4.52. The van der Waals surface area contributed by atoms with Crippen LogP contribution in [0.25, 0.3) is 10.9 Å². The van der Waals surface area contributed by atoms with Crippen LogP contribution in [0.15, 0.2) is 48.5 Å². The Kier molecular flexibility index (Phi) is 5.95. The minimum absolute atomic E-state index is 0.434. The largest absolute Gasteiger partial charge is 0.362 e. The number of para-hydroxylation sites is 1. The molecule has 0 aliphatic heterocycles. The quantitative estimate of drug-likeness (QED) is 0.649. The van der Waals surface area contributed by atoms with Gasteiger partial charge in [-0.25, -0.2) is 4.98 Å². The van der Waals surface area contributed by atoms with Crippen molar-refractivity contribution in [3.05, 3.63) is 59.7 Å². The normalized spacial score (nSPS) is 19.3. The lowest BCUT2D eigenvalue weighted by Crippen LogP contribution is -2.37. The zero-order valence-corrected chi connectivity index (χ0v) is 17.7. The molecule has 0 amide bonds. The molecule has 152 valence electrons. The summed E-state index contributed by atoms with van der Waals surface area (Å²) in [6.07, 6.45) is 4.63. The number of aromatic nitrogens is 2. The fourth-order valence-corrected chi connectivity index (χ4v) is 4.17. The summed E-state index contributed by atoms with van der Waals surface area (Å²) >= 11 is 0. The number of anilines is 2. The highest BCUT2D eigenvalue weighted by molar-refractivity contribution is 5.90.